The highest BCUT2D eigenvalue weighted by Gasteiger charge is 2.28. The van der Waals surface area contributed by atoms with Gasteiger partial charge in [0.2, 0.25) is 0 Å². The number of ketones is 1. The highest BCUT2D eigenvalue weighted by atomic mass is 32.1. The predicted octanol–water partition coefficient (Wildman–Crippen LogP) is 4.14. The lowest BCUT2D eigenvalue weighted by Crippen LogP contribution is -2.28. The Kier molecular flexibility index (Phi) is 3.30. The number of Topliss-reactive ketones (excluding diaryl/α,β-unsaturated/α-hetero) is 1. The van der Waals surface area contributed by atoms with Crippen molar-refractivity contribution in [1.82, 2.24) is 0 Å². The van der Waals surface area contributed by atoms with Crippen molar-refractivity contribution in [3.05, 3.63) is 57.8 Å². The van der Waals surface area contributed by atoms with E-state index in [1.54, 1.807) is 11.3 Å². The fourth-order valence-electron chi connectivity index (χ4n) is 2.61. The van der Waals surface area contributed by atoms with Crippen LogP contribution in [-0.2, 0) is 6.42 Å². The van der Waals surface area contributed by atoms with Crippen LogP contribution < -0.4 is 0 Å². The fraction of sp³-hybridized carbons (Fsp3) is 0.294. The van der Waals surface area contributed by atoms with E-state index in [2.05, 4.69) is 25.3 Å². The Morgan fingerprint density at radius 3 is 2.75 bits per heavy atom. The molecule has 3 heteroatoms. The molecule has 2 aromatic rings. The summed E-state index contributed by atoms with van der Waals surface area (Å²) in [6, 6.07) is 11.5. The van der Waals surface area contributed by atoms with Crippen LogP contribution in [0.15, 0.2) is 46.8 Å². The molecule has 0 radical (unpaired) electrons. The minimum atomic E-state index is -0.107. The first kappa shape index (κ1) is 13.3. The number of carbonyl (C=O) groups is 1. The van der Waals surface area contributed by atoms with Crippen LogP contribution in [0.1, 0.15) is 41.1 Å². The molecule has 0 saturated carbocycles. The Labute approximate surface area is 123 Å². The van der Waals surface area contributed by atoms with Crippen LogP contribution in [0.2, 0.25) is 0 Å². The zero-order valence-corrected chi connectivity index (χ0v) is 12.5. The fourth-order valence-corrected chi connectivity index (χ4v) is 3.72. The van der Waals surface area contributed by atoms with Crippen molar-refractivity contribution in [1.29, 1.82) is 0 Å². The Balaban J connectivity index is 1.90. The number of fused-ring (bicyclic) bond motifs is 1. The lowest BCUT2D eigenvalue weighted by molar-refractivity contribution is 0.100. The number of aliphatic imine (C=N–C) groups is 1. The van der Waals surface area contributed by atoms with E-state index in [-0.39, 0.29) is 11.3 Å². The van der Waals surface area contributed by atoms with E-state index in [0.29, 0.717) is 6.42 Å². The van der Waals surface area contributed by atoms with Gasteiger partial charge < -0.3 is 0 Å². The summed E-state index contributed by atoms with van der Waals surface area (Å²) in [4.78, 5) is 18.5. The van der Waals surface area contributed by atoms with Gasteiger partial charge in [-0.3, -0.25) is 9.79 Å². The first-order valence-electron chi connectivity index (χ1n) is 6.79. The van der Waals surface area contributed by atoms with Crippen molar-refractivity contribution in [3.63, 3.8) is 0 Å². The molecular formula is C17H17NOS. The standard InChI is InChI=1S/C17H17NOS/c1-17(2)11-16-13(8-9-20-16)14(18-17)10-15(19)12-6-4-3-5-7-12/h3-9H,10-11H2,1-2H3. The molecule has 1 aliphatic heterocycles. The SMILES string of the molecule is CC1(C)Cc2sccc2C(CC(=O)c2ccccc2)=N1. The summed E-state index contributed by atoms with van der Waals surface area (Å²) >= 11 is 1.76. The maximum absolute atomic E-state index is 12.4. The van der Waals surface area contributed by atoms with Crippen molar-refractivity contribution in [2.24, 2.45) is 4.99 Å². The molecule has 1 aromatic heterocycles. The molecule has 1 aromatic carbocycles. The van der Waals surface area contributed by atoms with Crippen molar-refractivity contribution in [2.45, 2.75) is 32.2 Å². The molecule has 0 fully saturated rings. The summed E-state index contributed by atoms with van der Waals surface area (Å²) in [5.74, 6) is 0.138. The number of rotatable bonds is 3. The number of hydrogen-bond acceptors (Lipinski definition) is 3. The van der Waals surface area contributed by atoms with Gasteiger partial charge in [-0.2, -0.15) is 0 Å². The number of thiophene rings is 1. The second kappa shape index (κ2) is 4.98. The summed E-state index contributed by atoms with van der Waals surface area (Å²) in [7, 11) is 0. The van der Waals surface area contributed by atoms with Gasteiger partial charge in [-0.25, -0.2) is 0 Å². The van der Waals surface area contributed by atoms with Crippen molar-refractivity contribution in [3.8, 4) is 0 Å². The third kappa shape index (κ3) is 2.59. The third-order valence-electron chi connectivity index (χ3n) is 3.51. The quantitative estimate of drug-likeness (QED) is 0.778. The second-order valence-corrected chi connectivity index (χ2v) is 6.77. The number of hydrogen-bond donors (Lipinski definition) is 0. The van der Waals surface area contributed by atoms with Crippen LogP contribution in [0.5, 0.6) is 0 Å². The van der Waals surface area contributed by atoms with Crippen molar-refractivity contribution in [2.75, 3.05) is 0 Å². The molecule has 0 saturated heterocycles. The van der Waals surface area contributed by atoms with Crippen molar-refractivity contribution >= 4 is 22.8 Å². The molecule has 1 aliphatic rings. The van der Waals surface area contributed by atoms with E-state index in [4.69, 9.17) is 4.99 Å². The third-order valence-corrected chi connectivity index (χ3v) is 4.43. The average molecular weight is 283 g/mol. The predicted molar refractivity (Wildman–Crippen MR) is 84.0 cm³/mol. The second-order valence-electron chi connectivity index (χ2n) is 5.77. The summed E-state index contributed by atoms with van der Waals surface area (Å²) < 4.78 is 0. The number of benzene rings is 1. The molecule has 2 nitrogen and oxygen atoms in total. The van der Waals surface area contributed by atoms with E-state index >= 15 is 0 Å². The largest absolute Gasteiger partial charge is 0.294 e. The highest BCUT2D eigenvalue weighted by Crippen LogP contribution is 2.31. The van der Waals surface area contributed by atoms with Crippen LogP contribution in [0.3, 0.4) is 0 Å². The maximum Gasteiger partial charge on any atom is 0.168 e. The first-order valence-corrected chi connectivity index (χ1v) is 7.67. The number of nitrogens with zero attached hydrogens (tertiary/aromatic N) is 1. The molecular weight excluding hydrogens is 266 g/mol. The number of carbonyl (C=O) groups excluding carboxylic acids is 1. The van der Waals surface area contributed by atoms with E-state index < -0.39 is 0 Å². The first-order chi connectivity index (χ1) is 9.55. The zero-order chi connectivity index (χ0) is 14.2. The van der Waals surface area contributed by atoms with Crippen LogP contribution >= 0.6 is 11.3 Å². The molecule has 0 bridgehead atoms. The van der Waals surface area contributed by atoms with Crippen LogP contribution in [0.4, 0.5) is 0 Å². The van der Waals surface area contributed by atoms with E-state index in [9.17, 15) is 4.79 Å². The van der Waals surface area contributed by atoms with Gasteiger partial charge in [0, 0.05) is 22.4 Å². The Morgan fingerprint density at radius 2 is 2.00 bits per heavy atom. The van der Waals surface area contributed by atoms with Gasteiger partial charge in [0.1, 0.15) is 0 Å². The summed E-state index contributed by atoms with van der Waals surface area (Å²) in [6.45, 7) is 4.26. The Morgan fingerprint density at radius 1 is 1.25 bits per heavy atom. The Bertz CT molecular complexity index is 667. The van der Waals surface area contributed by atoms with E-state index in [1.807, 2.05) is 30.3 Å². The normalized spacial score (nSPS) is 16.4. The molecule has 0 spiro atoms. The lowest BCUT2D eigenvalue weighted by atomic mass is 9.90. The molecule has 20 heavy (non-hydrogen) atoms. The molecule has 102 valence electrons. The molecule has 0 atom stereocenters. The molecule has 0 N–H and O–H groups in total. The van der Waals surface area contributed by atoms with Gasteiger partial charge in [0.25, 0.3) is 0 Å². The molecule has 2 heterocycles. The minimum absolute atomic E-state index is 0.107. The smallest absolute Gasteiger partial charge is 0.168 e. The summed E-state index contributed by atoms with van der Waals surface area (Å²) in [5, 5.41) is 2.09. The molecule has 0 aliphatic carbocycles. The van der Waals surface area contributed by atoms with Gasteiger partial charge in [-0.05, 0) is 25.3 Å². The molecule has 0 amide bonds. The van der Waals surface area contributed by atoms with Crippen LogP contribution in [0.25, 0.3) is 0 Å². The topological polar surface area (TPSA) is 29.4 Å². The van der Waals surface area contributed by atoms with Gasteiger partial charge in [0.05, 0.1) is 17.7 Å². The van der Waals surface area contributed by atoms with E-state index in [1.165, 1.54) is 10.4 Å². The zero-order valence-electron chi connectivity index (χ0n) is 11.7. The Hall–Kier alpha value is -1.74. The van der Waals surface area contributed by atoms with E-state index in [0.717, 1.165) is 17.7 Å². The summed E-state index contributed by atoms with van der Waals surface area (Å²) in [6.07, 6.45) is 1.35. The maximum atomic E-state index is 12.4. The van der Waals surface area contributed by atoms with Gasteiger partial charge in [0.15, 0.2) is 5.78 Å². The van der Waals surface area contributed by atoms with Crippen LogP contribution in [0, 0.1) is 0 Å². The molecule has 0 unspecified atom stereocenters. The average Bonchev–Trinajstić information content (AvgIpc) is 2.86. The highest BCUT2D eigenvalue weighted by molar-refractivity contribution is 7.10. The van der Waals surface area contributed by atoms with Gasteiger partial charge in [-0.15, -0.1) is 11.3 Å². The summed E-state index contributed by atoms with van der Waals surface area (Å²) in [5.41, 5.74) is 2.75. The van der Waals surface area contributed by atoms with Crippen molar-refractivity contribution < 1.29 is 4.79 Å². The monoisotopic (exact) mass is 283 g/mol. The minimum Gasteiger partial charge on any atom is -0.294 e. The van der Waals surface area contributed by atoms with Gasteiger partial charge >= 0.3 is 0 Å². The van der Waals surface area contributed by atoms with Crippen LogP contribution in [-0.4, -0.2) is 17.0 Å². The molecule has 3 rings (SSSR count). The van der Waals surface area contributed by atoms with Gasteiger partial charge in [-0.1, -0.05) is 30.3 Å². The lowest BCUT2D eigenvalue weighted by Gasteiger charge is -2.26.